The molecule has 226 valence electrons. The maximum atomic E-state index is 2.70. The van der Waals surface area contributed by atoms with E-state index in [1.807, 2.05) is 0 Å². The molecular formula is C40H58SiSn. The van der Waals surface area contributed by atoms with Crippen LogP contribution < -0.4 is 3.58 Å². The van der Waals surface area contributed by atoms with Crippen molar-refractivity contribution in [2.24, 2.45) is 17.8 Å². The Morgan fingerprint density at radius 3 is 1.60 bits per heavy atom. The van der Waals surface area contributed by atoms with Gasteiger partial charge in [-0.25, -0.2) is 0 Å². The van der Waals surface area contributed by atoms with Crippen LogP contribution in [0.15, 0.2) is 59.2 Å². The van der Waals surface area contributed by atoms with Crippen molar-refractivity contribution >= 4 is 38.4 Å². The van der Waals surface area contributed by atoms with Crippen LogP contribution in [0.3, 0.4) is 0 Å². The molecule has 1 atom stereocenters. The number of fused-ring (bicyclic) bond motifs is 3. The molecule has 2 aromatic carbocycles. The normalized spacial score (nSPS) is 19.4. The van der Waals surface area contributed by atoms with Gasteiger partial charge in [0.25, 0.3) is 0 Å². The van der Waals surface area contributed by atoms with E-state index in [-0.39, 0.29) is 3.05 Å². The van der Waals surface area contributed by atoms with Gasteiger partial charge in [-0.1, -0.05) is 0 Å². The minimum absolute atomic E-state index is 0.254. The first-order valence-electron chi connectivity index (χ1n) is 16.7. The summed E-state index contributed by atoms with van der Waals surface area (Å²) < 4.78 is 2.02. The third kappa shape index (κ3) is 5.64. The second-order valence-corrected chi connectivity index (χ2v) is 26.9. The van der Waals surface area contributed by atoms with Crippen molar-refractivity contribution in [1.82, 2.24) is 0 Å². The fraction of sp³-hybridized carbons (Fsp3) is 0.550. The summed E-state index contributed by atoms with van der Waals surface area (Å²) in [5.74, 6) is 3.09. The van der Waals surface area contributed by atoms with Crippen LogP contribution in [0.2, 0.25) is 22.7 Å². The van der Waals surface area contributed by atoms with Gasteiger partial charge in [0.15, 0.2) is 0 Å². The number of rotatable bonds is 8. The van der Waals surface area contributed by atoms with Crippen LogP contribution in [-0.4, -0.2) is 29.2 Å². The van der Waals surface area contributed by atoms with Crippen molar-refractivity contribution in [3.05, 3.63) is 81.5 Å². The average molecular weight is 686 g/mol. The Morgan fingerprint density at radius 1 is 0.619 bits per heavy atom. The van der Waals surface area contributed by atoms with Crippen molar-refractivity contribution in [2.75, 3.05) is 0 Å². The van der Waals surface area contributed by atoms with E-state index in [1.54, 1.807) is 48.1 Å². The molecule has 0 N–H and O–H groups in total. The predicted molar refractivity (Wildman–Crippen MR) is 193 cm³/mol. The van der Waals surface area contributed by atoms with Crippen molar-refractivity contribution in [3.63, 3.8) is 0 Å². The molecule has 0 fully saturated rings. The van der Waals surface area contributed by atoms with E-state index in [0.29, 0.717) is 35.5 Å². The molecule has 2 aliphatic rings. The quantitative estimate of drug-likeness (QED) is 0.243. The first kappa shape index (κ1) is 33.6. The summed E-state index contributed by atoms with van der Waals surface area (Å²) in [6, 6.07) is 12.5. The Bertz CT molecular complexity index is 1410. The molecule has 0 bridgehead atoms. The van der Waals surface area contributed by atoms with Gasteiger partial charge in [-0.05, 0) is 0 Å². The van der Waals surface area contributed by atoms with Crippen molar-refractivity contribution in [1.29, 1.82) is 0 Å². The summed E-state index contributed by atoms with van der Waals surface area (Å²) in [5, 5.41) is 0. The molecule has 0 saturated heterocycles. The van der Waals surface area contributed by atoms with Gasteiger partial charge in [0.2, 0.25) is 0 Å². The Kier molecular flexibility index (Phi) is 9.77. The number of benzene rings is 2. The monoisotopic (exact) mass is 686 g/mol. The van der Waals surface area contributed by atoms with Crippen LogP contribution in [0.4, 0.5) is 0 Å². The van der Waals surface area contributed by atoms with Gasteiger partial charge in [0.05, 0.1) is 0 Å². The van der Waals surface area contributed by atoms with Gasteiger partial charge >= 0.3 is 272 Å². The number of hydrogen-bond acceptors (Lipinski definition) is 0. The molecule has 0 spiro atoms. The van der Waals surface area contributed by atoms with E-state index < -0.39 is 29.2 Å². The Morgan fingerprint density at radius 2 is 1.17 bits per heavy atom. The third-order valence-corrected chi connectivity index (χ3v) is 24.7. The average Bonchev–Trinajstić information content (AvgIpc) is 3.14. The van der Waals surface area contributed by atoms with Gasteiger partial charge in [0, 0.05) is 0 Å². The molecule has 0 amide bonds. The third-order valence-electron chi connectivity index (χ3n) is 9.82. The molecule has 1 aliphatic carbocycles. The van der Waals surface area contributed by atoms with E-state index in [9.17, 15) is 0 Å². The zero-order valence-electron chi connectivity index (χ0n) is 29.5. The second-order valence-electron chi connectivity index (χ2n) is 15.9. The van der Waals surface area contributed by atoms with Gasteiger partial charge in [-0.15, -0.1) is 0 Å². The van der Waals surface area contributed by atoms with E-state index in [4.69, 9.17) is 0 Å². The summed E-state index contributed by atoms with van der Waals surface area (Å²) in [5.41, 5.74) is 16.0. The Labute approximate surface area is 270 Å². The first-order valence-corrected chi connectivity index (χ1v) is 23.1. The molecule has 2 aromatic rings. The molecule has 2 heteroatoms. The maximum absolute atomic E-state index is 2.70. The molecule has 1 unspecified atom stereocenters. The first-order chi connectivity index (χ1) is 19.4. The van der Waals surface area contributed by atoms with Crippen molar-refractivity contribution in [3.8, 4) is 11.1 Å². The molecule has 1 aliphatic heterocycles. The molecule has 1 heterocycles. The minimum atomic E-state index is -1.72. The topological polar surface area (TPSA) is 0 Å². The van der Waals surface area contributed by atoms with Gasteiger partial charge in [-0.2, -0.15) is 0 Å². The Balaban J connectivity index is 2.21. The fourth-order valence-electron chi connectivity index (χ4n) is 7.38. The Hall–Kier alpha value is -1.32. The SMILES string of the molecule is CC(C)C1=CC(C(C)C)=C2c3cccc(-c4c(C(C)C)cc(C(C)C)cc4C(C)C)[c]3[Sn][C]2([Si](C)(C)C)C(C(C)C)=C1. The molecule has 4 rings (SSSR count). The number of allylic oxidation sites excluding steroid dienone is 6. The van der Waals surface area contributed by atoms with Crippen LogP contribution in [-0.2, 0) is 0 Å². The summed E-state index contributed by atoms with van der Waals surface area (Å²) in [6.07, 6.45) is 5.33. The van der Waals surface area contributed by atoms with E-state index in [2.05, 4.69) is 145 Å². The summed E-state index contributed by atoms with van der Waals surface area (Å²) >= 11 is -1.13. The molecule has 0 saturated carbocycles. The molecule has 42 heavy (non-hydrogen) atoms. The van der Waals surface area contributed by atoms with E-state index in [1.165, 1.54) is 11.1 Å². The standard InChI is InChI=1S/C40H58Si.Sn/c1-24(2)32-20-34(26(5)6)38(35(21-32)27(7)8)30-17-16-18-31(19-30)39-36(28(9)10)22-33(25(3)4)23-37(29(11)12)40(39)41(13,14)15;/h16-18,20-29H,1-15H3;. The molecule has 2 radical (unpaired) electrons. The molecule has 0 nitrogen and oxygen atoms in total. The predicted octanol–water partition coefficient (Wildman–Crippen LogP) is 11.7. The van der Waals surface area contributed by atoms with Crippen LogP contribution in [0.5, 0.6) is 0 Å². The van der Waals surface area contributed by atoms with Crippen LogP contribution in [0.1, 0.15) is 123 Å². The van der Waals surface area contributed by atoms with E-state index >= 15 is 0 Å². The number of hydrogen-bond donors (Lipinski definition) is 0. The van der Waals surface area contributed by atoms with Crippen LogP contribution >= 0.6 is 0 Å². The van der Waals surface area contributed by atoms with Crippen LogP contribution in [0, 0.1) is 17.8 Å². The van der Waals surface area contributed by atoms with Gasteiger partial charge in [0.1, 0.15) is 0 Å². The zero-order valence-corrected chi connectivity index (χ0v) is 33.4. The second kappa shape index (κ2) is 12.2. The zero-order chi connectivity index (χ0) is 31.5. The molecular weight excluding hydrogens is 627 g/mol. The van der Waals surface area contributed by atoms with Crippen molar-refractivity contribution < 1.29 is 0 Å². The van der Waals surface area contributed by atoms with E-state index in [0.717, 1.165) is 0 Å². The van der Waals surface area contributed by atoms with Crippen LogP contribution in [0.25, 0.3) is 16.7 Å². The summed E-state index contributed by atoms with van der Waals surface area (Å²) in [4.78, 5) is 0. The fourth-order valence-corrected chi connectivity index (χ4v) is 19.7. The van der Waals surface area contributed by atoms with Crippen molar-refractivity contribution in [2.45, 2.75) is 124 Å². The molecule has 0 aromatic heterocycles. The van der Waals surface area contributed by atoms with Gasteiger partial charge < -0.3 is 0 Å². The van der Waals surface area contributed by atoms with Gasteiger partial charge in [-0.3, -0.25) is 0 Å². The summed E-state index contributed by atoms with van der Waals surface area (Å²) in [6.45, 7) is 37.0. The summed E-state index contributed by atoms with van der Waals surface area (Å²) in [7, 11) is -1.72.